The molecular weight excluding hydrogens is 172 g/mol. The van der Waals surface area contributed by atoms with Crippen molar-refractivity contribution in [1.29, 1.82) is 0 Å². The highest BCUT2D eigenvalue weighted by Gasteiger charge is 2.15. The molecule has 6 heteroatoms. The molecule has 2 rings (SSSR count). The van der Waals surface area contributed by atoms with Crippen LogP contribution in [0.2, 0.25) is 0 Å². The van der Waals surface area contributed by atoms with Crippen LogP contribution in [-0.2, 0) is 11.8 Å². The van der Waals surface area contributed by atoms with E-state index in [0.717, 1.165) is 0 Å². The Morgan fingerprint density at radius 2 is 2.23 bits per heavy atom. The van der Waals surface area contributed by atoms with Gasteiger partial charge in [0.15, 0.2) is 0 Å². The van der Waals surface area contributed by atoms with Crippen molar-refractivity contribution in [2.75, 3.05) is 7.11 Å². The van der Waals surface area contributed by atoms with Gasteiger partial charge in [-0.1, -0.05) is 0 Å². The van der Waals surface area contributed by atoms with E-state index in [1.807, 2.05) is 7.05 Å². The molecule has 0 aromatic carbocycles. The molecule has 0 atom stereocenters. The van der Waals surface area contributed by atoms with Gasteiger partial charge < -0.3 is 9.30 Å². The zero-order valence-electron chi connectivity index (χ0n) is 7.26. The van der Waals surface area contributed by atoms with Crippen molar-refractivity contribution in [3.05, 3.63) is 18.2 Å². The third-order valence-electron chi connectivity index (χ3n) is 1.80. The third kappa shape index (κ3) is 0.986. The first-order chi connectivity index (χ1) is 6.24. The summed E-state index contributed by atoms with van der Waals surface area (Å²) in [5, 5.41) is 7.53. The van der Waals surface area contributed by atoms with Crippen LogP contribution in [0.25, 0.3) is 5.78 Å². The molecule has 2 aromatic rings. The number of rotatable bonds is 1. The van der Waals surface area contributed by atoms with Crippen molar-refractivity contribution < 1.29 is 9.53 Å². The van der Waals surface area contributed by atoms with E-state index < -0.39 is 5.97 Å². The van der Waals surface area contributed by atoms with Crippen LogP contribution >= 0.6 is 0 Å². The second-order valence-electron chi connectivity index (χ2n) is 2.59. The number of fused-ring (bicyclic) bond motifs is 1. The number of ether oxygens (including phenoxy) is 1. The second kappa shape index (κ2) is 2.58. The maximum Gasteiger partial charge on any atom is 0.376 e. The zero-order chi connectivity index (χ0) is 9.42. The Morgan fingerprint density at radius 1 is 1.46 bits per heavy atom. The molecule has 2 heterocycles. The number of nitrogens with zero attached hydrogens (tertiary/aromatic N) is 4. The highest BCUT2D eigenvalue weighted by Crippen LogP contribution is 2.04. The van der Waals surface area contributed by atoms with Crippen molar-refractivity contribution >= 4 is 11.7 Å². The van der Waals surface area contributed by atoms with Gasteiger partial charge in [-0.05, 0) is 0 Å². The number of carbonyl (C=O) groups is 1. The first-order valence-corrected chi connectivity index (χ1v) is 3.68. The smallest absolute Gasteiger partial charge is 0.376 e. The first kappa shape index (κ1) is 7.78. The van der Waals surface area contributed by atoms with Gasteiger partial charge in [0, 0.05) is 19.4 Å². The minimum Gasteiger partial charge on any atom is -0.463 e. The Kier molecular flexibility index (Phi) is 1.54. The van der Waals surface area contributed by atoms with Gasteiger partial charge in [-0.3, -0.25) is 4.40 Å². The lowest BCUT2D eigenvalue weighted by Gasteiger charge is -1.92. The highest BCUT2D eigenvalue weighted by molar-refractivity contribution is 5.85. The third-order valence-corrected chi connectivity index (χ3v) is 1.80. The highest BCUT2D eigenvalue weighted by atomic mass is 16.5. The fraction of sp³-hybridized carbons (Fsp3) is 0.286. The molecule has 0 aliphatic rings. The van der Waals surface area contributed by atoms with Crippen LogP contribution in [0.1, 0.15) is 10.6 Å². The molecule has 0 aliphatic carbocycles. The van der Waals surface area contributed by atoms with Gasteiger partial charge in [0.05, 0.1) is 7.11 Å². The van der Waals surface area contributed by atoms with E-state index in [4.69, 9.17) is 0 Å². The predicted molar refractivity (Wildman–Crippen MR) is 43.3 cm³/mol. The monoisotopic (exact) mass is 180 g/mol. The van der Waals surface area contributed by atoms with Gasteiger partial charge in [-0.15, -0.1) is 10.2 Å². The molecule has 0 radical (unpaired) electrons. The molecule has 0 saturated heterocycles. The van der Waals surface area contributed by atoms with Gasteiger partial charge in [-0.25, -0.2) is 4.79 Å². The summed E-state index contributed by atoms with van der Waals surface area (Å²) in [5.74, 6) is 0.317. The molecular formula is C7H8N4O2. The normalized spacial score (nSPS) is 10.6. The van der Waals surface area contributed by atoms with Crippen LogP contribution in [0.15, 0.2) is 12.4 Å². The molecule has 0 N–H and O–H groups in total. The topological polar surface area (TPSA) is 61.4 Å². The number of hydrogen-bond donors (Lipinski definition) is 0. The zero-order valence-corrected chi connectivity index (χ0v) is 7.26. The van der Waals surface area contributed by atoms with Crippen molar-refractivity contribution in [2.45, 2.75) is 0 Å². The quantitative estimate of drug-likeness (QED) is 0.573. The summed E-state index contributed by atoms with van der Waals surface area (Å²) in [6.45, 7) is 0. The van der Waals surface area contributed by atoms with Crippen LogP contribution in [0.5, 0.6) is 0 Å². The summed E-state index contributed by atoms with van der Waals surface area (Å²) in [6.07, 6.45) is 3.50. The van der Waals surface area contributed by atoms with Crippen molar-refractivity contribution in [1.82, 2.24) is 19.2 Å². The Bertz CT molecular complexity index is 456. The minimum atomic E-state index is -0.487. The Labute approximate surface area is 73.7 Å². The average Bonchev–Trinajstić information content (AvgIpc) is 2.68. The van der Waals surface area contributed by atoms with Crippen LogP contribution in [-0.4, -0.2) is 32.2 Å². The van der Waals surface area contributed by atoms with Gasteiger partial charge >= 0.3 is 5.97 Å². The fourth-order valence-corrected chi connectivity index (χ4v) is 1.12. The van der Waals surface area contributed by atoms with Gasteiger partial charge in [0.1, 0.15) is 0 Å². The van der Waals surface area contributed by atoms with Crippen LogP contribution in [0.3, 0.4) is 0 Å². The SMILES string of the molecule is COC(=O)c1nnc2n(C)ccn12. The summed E-state index contributed by atoms with van der Waals surface area (Å²) >= 11 is 0. The summed E-state index contributed by atoms with van der Waals surface area (Å²) in [4.78, 5) is 11.1. The van der Waals surface area contributed by atoms with E-state index in [0.29, 0.717) is 5.78 Å². The fourth-order valence-electron chi connectivity index (χ4n) is 1.12. The van der Waals surface area contributed by atoms with Crippen LogP contribution in [0.4, 0.5) is 0 Å². The number of aryl methyl sites for hydroxylation is 1. The summed E-state index contributed by atoms with van der Waals surface area (Å²) in [5.41, 5.74) is 0. The van der Waals surface area contributed by atoms with Crippen molar-refractivity contribution in [2.24, 2.45) is 7.05 Å². The second-order valence-corrected chi connectivity index (χ2v) is 2.59. The summed E-state index contributed by atoms with van der Waals surface area (Å²) < 4.78 is 7.88. The molecule has 0 spiro atoms. The number of hydrogen-bond acceptors (Lipinski definition) is 4. The Hall–Kier alpha value is -1.85. The van der Waals surface area contributed by atoms with Gasteiger partial charge in [0.2, 0.25) is 11.6 Å². The Morgan fingerprint density at radius 3 is 2.92 bits per heavy atom. The molecule has 0 saturated carbocycles. The van der Waals surface area contributed by atoms with Gasteiger partial charge in [-0.2, -0.15) is 0 Å². The van der Waals surface area contributed by atoms with E-state index in [9.17, 15) is 4.79 Å². The maximum atomic E-state index is 11.1. The average molecular weight is 180 g/mol. The molecule has 0 aliphatic heterocycles. The molecule has 13 heavy (non-hydrogen) atoms. The summed E-state index contributed by atoms with van der Waals surface area (Å²) in [7, 11) is 3.14. The van der Waals surface area contributed by atoms with Crippen LogP contribution in [0, 0.1) is 0 Å². The molecule has 0 unspecified atom stereocenters. The van der Waals surface area contributed by atoms with E-state index in [2.05, 4.69) is 14.9 Å². The van der Waals surface area contributed by atoms with Gasteiger partial charge in [0.25, 0.3) is 0 Å². The van der Waals surface area contributed by atoms with E-state index in [-0.39, 0.29) is 5.82 Å². The number of aromatic nitrogens is 4. The lowest BCUT2D eigenvalue weighted by molar-refractivity contribution is 0.0585. The predicted octanol–water partition coefficient (Wildman–Crippen LogP) is -0.146. The molecule has 6 nitrogen and oxygen atoms in total. The minimum absolute atomic E-state index is 0.193. The first-order valence-electron chi connectivity index (χ1n) is 3.68. The lowest BCUT2D eigenvalue weighted by atomic mass is 10.6. The molecule has 2 aromatic heterocycles. The molecule has 68 valence electrons. The lowest BCUT2D eigenvalue weighted by Crippen LogP contribution is -2.06. The van der Waals surface area contributed by atoms with Crippen molar-refractivity contribution in [3.8, 4) is 0 Å². The molecule has 0 fully saturated rings. The number of methoxy groups -OCH3 is 1. The molecule has 0 amide bonds. The molecule has 0 bridgehead atoms. The number of carbonyl (C=O) groups excluding carboxylic acids is 1. The largest absolute Gasteiger partial charge is 0.463 e. The number of imidazole rings is 1. The summed E-state index contributed by atoms with van der Waals surface area (Å²) in [6, 6.07) is 0. The maximum absolute atomic E-state index is 11.1. The van der Waals surface area contributed by atoms with E-state index >= 15 is 0 Å². The van der Waals surface area contributed by atoms with Crippen LogP contribution < -0.4 is 0 Å². The van der Waals surface area contributed by atoms with E-state index in [1.165, 1.54) is 7.11 Å². The van der Waals surface area contributed by atoms with E-state index in [1.54, 1.807) is 21.4 Å². The Balaban J connectivity index is 2.64. The standard InChI is InChI=1S/C7H8N4O2/c1-10-3-4-11-5(6(12)13-2)8-9-7(10)11/h3-4H,1-2H3. The number of esters is 1. The van der Waals surface area contributed by atoms with Crippen molar-refractivity contribution in [3.63, 3.8) is 0 Å².